The first kappa shape index (κ1) is 26.0. The summed E-state index contributed by atoms with van der Waals surface area (Å²) >= 11 is 0. The smallest absolute Gasteiger partial charge is 0.305 e. The average Bonchev–Trinajstić information content (AvgIpc) is 2.83. The van der Waals surface area contributed by atoms with Crippen molar-refractivity contribution in [3.63, 3.8) is 0 Å². The molecule has 1 atom stereocenters. The standard InChI is InChI=1S/C30H35NO4/c1-20(2)24-9-11-25(12-10-24)28-14-13-27(18-22(28)4)35-19-21(3)17-23-5-7-26(8-6-23)30(34)31-16-15-29(32)33/h5-14,18,20-21H,15-17,19H2,1-4H3,(H,31,34)(H,32,33). The van der Waals surface area contributed by atoms with Crippen LogP contribution in [0.5, 0.6) is 5.75 Å². The van der Waals surface area contributed by atoms with E-state index in [1.165, 1.54) is 22.3 Å². The van der Waals surface area contributed by atoms with E-state index in [0.29, 0.717) is 24.0 Å². The first-order valence-electron chi connectivity index (χ1n) is 12.2. The Balaban J connectivity index is 1.51. The van der Waals surface area contributed by atoms with Crippen LogP contribution >= 0.6 is 0 Å². The lowest BCUT2D eigenvalue weighted by Crippen LogP contribution is -2.25. The van der Waals surface area contributed by atoms with Crippen molar-refractivity contribution in [2.75, 3.05) is 13.2 Å². The summed E-state index contributed by atoms with van der Waals surface area (Å²) < 4.78 is 6.08. The van der Waals surface area contributed by atoms with Gasteiger partial charge in [-0.15, -0.1) is 0 Å². The number of amides is 1. The average molecular weight is 474 g/mol. The van der Waals surface area contributed by atoms with Crippen molar-refractivity contribution in [3.8, 4) is 16.9 Å². The van der Waals surface area contributed by atoms with Crippen LogP contribution in [0.25, 0.3) is 11.1 Å². The zero-order valence-corrected chi connectivity index (χ0v) is 21.0. The van der Waals surface area contributed by atoms with E-state index in [1.54, 1.807) is 12.1 Å². The Bertz CT molecular complexity index is 1130. The number of rotatable bonds is 11. The third kappa shape index (κ3) is 7.71. The highest BCUT2D eigenvalue weighted by Crippen LogP contribution is 2.28. The SMILES string of the molecule is Cc1cc(OCC(C)Cc2ccc(C(=O)NCCC(=O)O)cc2)ccc1-c1ccc(C(C)C)cc1. The van der Waals surface area contributed by atoms with Gasteiger partial charge < -0.3 is 15.2 Å². The highest BCUT2D eigenvalue weighted by molar-refractivity contribution is 5.94. The minimum Gasteiger partial charge on any atom is -0.493 e. The molecule has 0 aliphatic heterocycles. The summed E-state index contributed by atoms with van der Waals surface area (Å²) in [5.41, 5.74) is 6.61. The molecule has 1 unspecified atom stereocenters. The molecule has 0 saturated carbocycles. The van der Waals surface area contributed by atoms with Crippen molar-refractivity contribution in [3.05, 3.63) is 89.0 Å². The van der Waals surface area contributed by atoms with Crippen LogP contribution in [0.4, 0.5) is 0 Å². The molecular weight excluding hydrogens is 438 g/mol. The minimum atomic E-state index is -0.931. The number of nitrogens with one attached hydrogen (secondary N) is 1. The number of aliphatic carboxylic acids is 1. The Kier molecular flexibility index (Phi) is 9.07. The van der Waals surface area contributed by atoms with Crippen LogP contribution in [0.15, 0.2) is 66.7 Å². The van der Waals surface area contributed by atoms with Crippen LogP contribution in [-0.2, 0) is 11.2 Å². The molecule has 0 heterocycles. The van der Waals surface area contributed by atoms with Gasteiger partial charge in [0.25, 0.3) is 5.91 Å². The highest BCUT2D eigenvalue weighted by atomic mass is 16.5. The van der Waals surface area contributed by atoms with Gasteiger partial charge in [0.15, 0.2) is 0 Å². The van der Waals surface area contributed by atoms with Crippen molar-refractivity contribution in [2.24, 2.45) is 5.92 Å². The van der Waals surface area contributed by atoms with E-state index in [2.05, 4.69) is 69.4 Å². The molecule has 0 spiro atoms. The molecule has 5 nitrogen and oxygen atoms in total. The molecule has 0 saturated heterocycles. The summed E-state index contributed by atoms with van der Waals surface area (Å²) in [5, 5.41) is 11.3. The van der Waals surface area contributed by atoms with Crippen LogP contribution < -0.4 is 10.1 Å². The van der Waals surface area contributed by atoms with E-state index in [9.17, 15) is 9.59 Å². The van der Waals surface area contributed by atoms with Crippen molar-refractivity contribution < 1.29 is 19.4 Å². The molecule has 3 aromatic rings. The number of benzene rings is 3. The summed E-state index contributed by atoms with van der Waals surface area (Å²) in [6, 6.07) is 22.4. The molecule has 0 aromatic heterocycles. The molecule has 3 rings (SSSR count). The zero-order valence-electron chi connectivity index (χ0n) is 21.0. The van der Waals surface area contributed by atoms with Crippen LogP contribution in [-0.4, -0.2) is 30.1 Å². The van der Waals surface area contributed by atoms with Crippen LogP contribution in [0, 0.1) is 12.8 Å². The molecular formula is C30H35NO4. The first-order valence-corrected chi connectivity index (χ1v) is 12.2. The van der Waals surface area contributed by atoms with Gasteiger partial charge in [-0.3, -0.25) is 9.59 Å². The monoisotopic (exact) mass is 473 g/mol. The maximum absolute atomic E-state index is 12.1. The summed E-state index contributed by atoms with van der Waals surface area (Å²) in [6.07, 6.45) is 0.745. The second kappa shape index (κ2) is 12.2. The summed E-state index contributed by atoms with van der Waals surface area (Å²) in [7, 11) is 0. The molecule has 0 bridgehead atoms. The zero-order chi connectivity index (χ0) is 25.4. The van der Waals surface area contributed by atoms with E-state index >= 15 is 0 Å². The highest BCUT2D eigenvalue weighted by Gasteiger charge is 2.10. The van der Waals surface area contributed by atoms with E-state index in [1.807, 2.05) is 18.2 Å². The van der Waals surface area contributed by atoms with E-state index in [-0.39, 0.29) is 18.9 Å². The lowest BCUT2D eigenvalue weighted by Gasteiger charge is -2.15. The molecule has 5 heteroatoms. The molecule has 2 N–H and O–H groups in total. The topological polar surface area (TPSA) is 75.6 Å². The molecule has 35 heavy (non-hydrogen) atoms. The number of hydrogen-bond acceptors (Lipinski definition) is 3. The molecule has 1 amide bonds. The van der Waals surface area contributed by atoms with Gasteiger partial charge in [-0.2, -0.15) is 0 Å². The Labute approximate surface area is 208 Å². The third-order valence-electron chi connectivity index (χ3n) is 6.05. The number of aryl methyl sites for hydroxylation is 1. The lowest BCUT2D eigenvalue weighted by atomic mass is 9.96. The van der Waals surface area contributed by atoms with Gasteiger partial charge in [-0.05, 0) is 77.3 Å². The molecule has 0 fully saturated rings. The number of carbonyl (C=O) groups is 2. The molecule has 0 radical (unpaired) electrons. The first-order chi connectivity index (χ1) is 16.7. The van der Waals surface area contributed by atoms with Crippen LogP contribution in [0.2, 0.25) is 0 Å². The van der Waals surface area contributed by atoms with Gasteiger partial charge in [-0.1, -0.05) is 63.2 Å². The fraction of sp³-hybridized carbons (Fsp3) is 0.333. The van der Waals surface area contributed by atoms with E-state index in [4.69, 9.17) is 9.84 Å². The number of carboxylic acids is 1. The van der Waals surface area contributed by atoms with E-state index in [0.717, 1.165) is 17.7 Å². The normalized spacial score (nSPS) is 11.8. The second-order valence-electron chi connectivity index (χ2n) is 9.47. The van der Waals surface area contributed by atoms with Gasteiger partial charge in [0, 0.05) is 12.1 Å². The summed E-state index contributed by atoms with van der Waals surface area (Å²) in [4.78, 5) is 22.6. The lowest BCUT2D eigenvalue weighted by molar-refractivity contribution is -0.136. The van der Waals surface area contributed by atoms with Crippen molar-refractivity contribution in [2.45, 2.75) is 46.5 Å². The van der Waals surface area contributed by atoms with Gasteiger partial charge in [0.05, 0.1) is 13.0 Å². The third-order valence-corrected chi connectivity index (χ3v) is 6.05. The van der Waals surface area contributed by atoms with Crippen molar-refractivity contribution >= 4 is 11.9 Å². The second-order valence-corrected chi connectivity index (χ2v) is 9.47. The molecule has 0 aliphatic rings. The molecule has 184 valence electrons. The Morgan fingerprint density at radius 1 is 0.943 bits per heavy atom. The largest absolute Gasteiger partial charge is 0.493 e. The maximum atomic E-state index is 12.1. The predicted octanol–water partition coefficient (Wildman–Crippen LogP) is 6.25. The number of hydrogen-bond donors (Lipinski definition) is 2. The Morgan fingerprint density at radius 3 is 2.23 bits per heavy atom. The van der Waals surface area contributed by atoms with Crippen molar-refractivity contribution in [1.29, 1.82) is 0 Å². The molecule has 3 aromatic carbocycles. The van der Waals surface area contributed by atoms with E-state index < -0.39 is 5.97 Å². The summed E-state index contributed by atoms with van der Waals surface area (Å²) in [6.45, 7) is 9.38. The summed E-state index contributed by atoms with van der Waals surface area (Å²) in [5.74, 6) is 0.498. The predicted molar refractivity (Wildman–Crippen MR) is 140 cm³/mol. The van der Waals surface area contributed by atoms with Crippen LogP contribution in [0.3, 0.4) is 0 Å². The van der Waals surface area contributed by atoms with Gasteiger partial charge in [0.1, 0.15) is 5.75 Å². The fourth-order valence-corrected chi connectivity index (χ4v) is 3.97. The number of carbonyl (C=O) groups excluding carboxylic acids is 1. The van der Waals surface area contributed by atoms with Gasteiger partial charge in [0.2, 0.25) is 0 Å². The minimum absolute atomic E-state index is 0.0883. The van der Waals surface area contributed by atoms with Crippen molar-refractivity contribution in [1.82, 2.24) is 5.32 Å². The van der Waals surface area contributed by atoms with Crippen LogP contribution in [0.1, 0.15) is 60.2 Å². The fourth-order valence-electron chi connectivity index (χ4n) is 3.97. The number of ether oxygens (including phenoxy) is 1. The Hall–Kier alpha value is -3.60. The maximum Gasteiger partial charge on any atom is 0.305 e. The quantitative estimate of drug-likeness (QED) is 0.345. The molecule has 0 aliphatic carbocycles. The number of carboxylic acid groups (broad SMARTS) is 1. The van der Waals surface area contributed by atoms with Gasteiger partial charge >= 0.3 is 5.97 Å². The Morgan fingerprint density at radius 2 is 1.63 bits per heavy atom. The van der Waals surface area contributed by atoms with Gasteiger partial charge in [-0.25, -0.2) is 0 Å².